The van der Waals surface area contributed by atoms with Crippen molar-refractivity contribution < 1.29 is 9.53 Å². The highest BCUT2D eigenvalue weighted by Gasteiger charge is 2.27. The molecule has 0 aliphatic carbocycles. The number of benzene rings is 1. The molecular formula is C21H27N5O2. The summed E-state index contributed by atoms with van der Waals surface area (Å²) in [6.45, 7) is 5.15. The number of likely N-dealkylation sites (tertiary alicyclic amines) is 1. The number of rotatable bonds is 7. The Balaban J connectivity index is 1.75. The van der Waals surface area contributed by atoms with E-state index in [2.05, 4.69) is 27.1 Å². The third kappa shape index (κ3) is 4.57. The number of nitrogens with zero attached hydrogens (tertiary/aromatic N) is 4. The molecule has 1 aromatic carbocycles. The van der Waals surface area contributed by atoms with Crippen molar-refractivity contribution in [3.8, 4) is 6.07 Å². The van der Waals surface area contributed by atoms with Crippen LogP contribution in [0.2, 0.25) is 0 Å². The first-order chi connectivity index (χ1) is 13.6. The van der Waals surface area contributed by atoms with Crippen LogP contribution in [0, 0.1) is 11.3 Å². The third-order valence-electron chi connectivity index (χ3n) is 5.29. The van der Waals surface area contributed by atoms with E-state index in [1.54, 1.807) is 0 Å². The van der Waals surface area contributed by atoms with Crippen LogP contribution in [-0.4, -0.2) is 53.6 Å². The van der Waals surface area contributed by atoms with E-state index in [0.717, 1.165) is 25.0 Å². The Morgan fingerprint density at radius 3 is 2.79 bits per heavy atom. The van der Waals surface area contributed by atoms with E-state index < -0.39 is 11.9 Å². The van der Waals surface area contributed by atoms with E-state index in [9.17, 15) is 10.1 Å². The second kappa shape index (κ2) is 9.47. The van der Waals surface area contributed by atoms with Gasteiger partial charge in [0.2, 0.25) is 0 Å². The van der Waals surface area contributed by atoms with Gasteiger partial charge in [-0.2, -0.15) is 5.26 Å². The summed E-state index contributed by atoms with van der Waals surface area (Å²) < 4.78 is 4.78. The highest BCUT2D eigenvalue weighted by atomic mass is 16.5. The lowest BCUT2D eigenvalue weighted by atomic mass is 10.0. The van der Waals surface area contributed by atoms with Crippen LogP contribution < -0.4 is 5.32 Å². The van der Waals surface area contributed by atoms with Crippen molar-refractivity contribution in [2.75, 3.05) is 32.1 Å². The summed E-state index contributed by atoms with van der Waals surface area (Å²) >= 11 is 0. The predicted octanol–water partition coefficient (Wildman–Crippen LogP) is 3.09. The van der Waals surface area contributed by atoms with Gasteiger partial charge in [0.15, 0.2) is 11.7 Å². The number of hydrogen-bond donors (Lipinski definition) is 1. The molecule has 3 rings (SSSR count). The van der Waals surface area contributed by atoms with Crippen molar-refractivity contribution in [3.05, 3.63) is 30.0 Å². The summed E-state index contributed by atoms with van der Waals surface area (Å²) in [5, 5.41) is 12.8. The largest absolute Gasteiger partial charge is 0.468 e. The first kappa shape index (κ1) is 20.0. The standard InChI is InChI=1S/C21H27N5O2/c1-15-8-5-6-12-26(15)13-7-11-23-20-19(16(14-22)21(27)28-2)24-17-9-3-4-10-18(17)25-20/h3-4,9-10,15-16H,5-8,11-13H2,1-2H3,(H,23,25)/t15-,16+/m0/s1. The highest BCUT2D eigenvalue weighted by molar-refractivity contribution is 5.84. The zero-order valence-electron chi connectivity index (χ0n) is 16.5. The number of fused-ring (bicyclic) bond motifs is 1. The van der Waals surface area contributed by atoms with Gasteiger partial charge in [0, 0.05) is 19.1 Å². The molecule has 28 heavy (non-hydrogen) atoms. The lowest BCUT2D eigenvalue weighted by Crippen LogP contribution is -2.38. The van der Waals surface area contributed by atoms with Crippen LogP contribution in [0.3, 0.4) is 0 Å². The molecule has 0 saturated carbocycles. The molecule has 7 nitrogen and oxygen atoms in total. The van der Waals surface area contributed by atoms with Crippen LogP contribution >= 0.6 is 0 Å². The maximum atomic E-state index is 12.1. The number of nitriles is 1. The van der Waals surface area contributed by atoms with E-state index >= 15 is 0 Å². The fraction of sp³-hybridized carbons (Fsp3) is 0.524. The van der Waals surface area contributed by atoms with Crippen molar-refractivity contribution >= 4 is 22.8 Å². The van der Waals surface area contributed by atoms with E-state index in [4.69, 9.17) is 4.74 Å². The average Bonchev–Trinajstić information content (AvgIpc) is 2.72. The molecule has 1 aliphatic rings. The molecule has 0 unspecified atom stereocenters. The molecule has 1 N–H and O–H groups in total. The summed E-state index contributed by atoms with van der Waals surface area (Å²) in [6, 6.07) is 10.1. The summed E-state index contributed by atoms with van der Waals surface area (Å²) in [7, 11) is 1.27. The number of esters is 1. The quantitative estimate of drug-likeness (QED) is 0.582. The van der Waals surface area contributed by atoms with E-state index in [1.807, 2.05) is 30.3 Å². The Bertz CT molecular complexity index is 863. The number of ether oxygens (including phenoxy) is 1. The number of aromatic nitrogens is 2. The van der Waals surface area contributed by atoms with Crippen LogP contribution in [-0.2, 0) is 9.53 Å². The average molecular weight is 381 g/mol. The summed E-state index contributed by atoms with van der Waals surface area (Å²) in [4.78, 5) is 23.7. The molecule has 7 heteroatoms. The first-order valence-electron chi connectivity index (χ1n) is 9.86. The van der Waals surface area contributed by atoms with Gasteiger partial charge in [0.25, 0.3) is 0 Å². The molecular weight excluding hydrogens is 354 g/mol. The van der Waals surface area contributed by atoms with Crippen molar-refractivity contribution in [2.45, 2.75) is 44.6 Å². The predicted molar refractivity (Wildman–Crippen MR) is 108 cm³/mol. The first-order valence-corrected chi connectivity index (χ1v) is 9.86. The second-order valence-corrected chi connectivity index (χ2v) is 7.19. The van der Waals surface area contributed by atoms with Crippen LogP contribution in [0.4, 0.5) is 5.82 Å². The molecule has 2 atom stereocenters. The fourth-order valence-corrected chi connectivity index (χ4v) is 3.67. The molecule has 0 amide bonds. The minimum absolute atomic E-state index is 0.319. The lowest BCUT2D eigenvalue weighted by molar-refractivity contribution is -0.141. The maximum Gasteiger partial charge on any atom is 0.329 e. The summed E-state index contributed by atoms with van der Waals surface area (Å²) in [5.74, 6) is -1.26. The summed E-state index contributed by atoms with van der Waals surface area (Å²) in [6.07, 6.45) is 4.79. The molecule has 2 heterocycles. The minimum atomic E-state index is -1.10. The van der Waals surface area contributed by atoms with Crippen molar-refractivity contribution in [1.82, 2.24) is 14.9 Å². The fourth-order valence-electron chi connectivity index (χ4n) is 3.67. The lowest BCUT2D eigenvalue weighted by Gasteiger charge is -2.33. The van der Waals surface area contributed by atoms with Gasteiger partial charge >= 0.3 is 5.97 Å². The van der Waals surface area contributed by atoms with E-state index in [1.165, 1.54) is 26.4 Å². The molecule has 0 bridgehead atoms. The van der Waals surface area contributed by atoms with Gasteiger partial charge < -0.3 is 15.0 Å². The number of para-hydroxylation sites is 2. The second-order valence-electron chi connectivity index (χ2n) is 7.19. The highest BCUT2D eigenvalue weighted by Crippen LogP contribution is 2.25. The van der Waals surface area contributed by atoms with Gasteiger partial charge in [-0.1, -0.05) is 18.6 Å². The van der Waals surface area contributed by atoms with E-state index in [-0.39, 0.29) is 0 Å². The zero-order chi connectivity index (χ0) is 19.9. The number of piperidine rings is 1. The van der Waals surface area contributed by atoms with Crippen molar-refractivity contribution in [1.29, 1.82) is 5.26 Å². The number of carbonyl (C=O) groups is 1. The number of hydrogen-bond acceptors (Lipinski definition) is 7. The smallest absolute Gasteiger partial charge is 0.329 e. The van der Waals surface area contributed by atoms with Crippen molar-refractivity contribution in [2.24, 2.45) is 0 Å². The number of carbonyl (C=O) groups excluding carboxylic acids is 1. The van der Waals surface area contributed by atoms with Gasteiger partial charge in [-0.25, -0.2) is 9.97 Å². The monoisotopic (exact) mass is 381 g/mol. The van der Waals surface area contributed by atoms with Gasteiger partial charge in [0.1, 0.15) is 5.69 Å². The van der Waals surface area contributed by atoms with Gasteiger partial charge in [-0.3, -0.25) is 4.79 Å². The number of anilines is 1. The van der Waals surface area contributed by atoms with Crippen LogP contribution in [0.1, 0.15) is 44.2 Å². The molecule has 1 saturated heterocycles. The Labute approximate surface area is 165 Å². The maximum absolute atomic E-state index is 12.1. The topological polar surface area (TPSA) is 91.1 Å². The Morgan fingerprint density at radius 1 is 1.36 bits per heavy atom. The minimum Gasteiger partial charge on any atom is -0.468 e. The zero-order valence-corrected chi connectivity index (χ0v) is 16.5. The van der Waals surface area contributed by atoms with Crippen molar-refractivity contribution in [3.63, 3.8) is 0 Å². The van der Waals surface area contributed by atoms with Crippen LogP contribution in [0.15, 0.2) is 24.3 Å². The Morgan fingerprint density at radius 2 is 2.11 bits per heavy atom. The van der Waals surface area contributed by atoms with Crippen LogP contribution in [0.5, 0.6) is 0 Å². The number of nitrogens with one attached hydrogen (secondary N) is 1. The SMILES string of the molecule is COC(=O)[C@H](C#N)c1nc2ccccc2nc1NCCCN1CCCC[C@@H]1C. The van der Waals surface area contributed by atoms with Gasteiger partial charge in [-0.15, -0.1) is 0 Å². The van der Waals surface area contributed by atoms with Gasteiger partial charge in [0.05, 0.1) is 24.2 Å². The number of methoxy groups -OCH3 is 1. The molecule has 1 aliphatic heterocycles. The molecule has 2 aromatic rings. The van der Waals surface area contributed by atoms with Crippen LogP contribution in [0.25, 0.3) is 11.0 Å². The molecule has 0 spiro atoms. The normalized spacial score (nSPS) is 18.4. The molecule has 1 fully saturated rings. The third-order valence-corrected chi connectivity index (χ3v) is 5.29. The Kier molecular flexibility index (Phi) is 6.77. The van der Waals surface area contributed by atoms with Gasteiger partial charge in [-0.05, 0) is 44.9 Å². The summed E-state index contributed by atoms with van der Waals surface area (Å²) in [5.41, 5.74) is 1.69. The van der Waals surface area contributed by atoms with E-state index in [0.29, 0.717) is 29.6 Å². The Hall–Kier alpha value is -2.72. The molecule has 148 valence electrons. The molecule has 0 radical (unpaired) electrons. The molecule has 1 aromatic heterocycles.